The van der Waals surface area contributed by atoms with Crippen LogP contribution < -0.4 is 9.47 Å². The van der Waals surface area contributed by atoms with Crippen molar-refractivity contribution >= 4 is 0 Å². The Balaban J connectivity index is 1.38. The van der Waals surface area contributed by atoms with Gasteiger partial charge in [-0.25, -0.2) is 8.78 Å². The maximum Gasteiger partial charge on any atom is 0.200 e. The van der Waals surface area contributed by atoms with Crippen molar-refractivity contribution in [3.8, 4) is 22.6 Å². The van der Waals surface area contributed by atoms with Crippen LogP contribution in [-0.4, -0.2) is 19.3 Å². The minimum Gasteiger partial charge on any atom is -0.491 e. The van der Waals surface area contributed by atoms with Gasteiger partial charge in [-0.15, -0.1) is 0 Å². The Morgan fingerprint density at radius 2 is 1.40 bits per heavy atom. The summed E-state index contributed by atoms with van der Waals surface area (Å²) in [6, 6.07) is 15.3. The summed E-state index contributed by atoms with van der Waals surface area (Å²) in [6.07, 6.45) is 3.50. The monoisotopic (exact) mass is 484 g/mol. The Labute approximate surface area is 204 Å². The number of hydrogen-bond acceptors (Lipinski definition) is 3. The van der Waals surface area contributed by atoms with E-state index < -0.39 is 17.5 Å². The maximum absolute atomic E-state index is 14.8. The molecule has 0 unspecified atom stereocenters. The summed E-state index contributed by atoms with van der Waals surface area (Å²) in [4.78, 5) is 0. The van der Waals surface area contributed by atoms with Gasteiger partial charge in [0, 0.05) is 6.61 Å². The molecule has 1 aliphatic rings. The molecule has 1 aliphatic carbocycles. The molecule has 0 N–H and O–H groups in total. The smallest absolute Gasteiger partial charge is 0.200 e. The lowest BCUT2D eigenvalue weighted by atomic mass is 9.82. The zero-order valence-corrected chi connectivity index (χ0v) is 20.2. The minimum atomic E-state index is -0.948. The molecule has 0 heterocycles. The van der Waals surface area contributed by atoms with E-state index in [1.165, 1.54) is 12.1 Å². The van der Waals surface area contributed by atoms with E-state index in [9.17, 15) is 13.2 Å². The molecule has 0 amide bonds. The van der Waals surface area contributed by atoms with Crippen LogP contribution in [0.15, 0.2) is 54.6 Å². The lowest BCUT2D eigenvalue weighted by Crippen LogP contribution is -2.21. The van der Waals surface area contributed by atoms with Gasteiger partial charge < -0.3 is 14.2 Å². The average molecular weight is 485 g/mol. The van der Waals surface area contributed by atoms with E-state index in [1.54, 1.807) is 25.1 Å². The van der Waals surface area contributed by atoms with Gasteiger partial charge in [-0.2, -0.15) is 4.39 Å². The van der Waals surface area contributed by atoms with E-state index >= 15 is 0 Å². The molecule has 0 saturated heterocycles. The van der Waals surface area contributed by atoms with Crippen molar-refractivity contribution in [1.29, 1.82) is 0 Å². The van der Waals surface area contributed by atoms with Gasteiger partial charge in [-0.05, 0) is 85.9 Å². The van der Waals surface area contributed by atoms with E-state index in [1.807, 2.05) is 31.2 Å². The van der Waals surface area contributed by atoms with E-state index in [0.717, 1.165) is 42.4 Å². The fraction of sp³-hybridized carbons (Fsp3) is 0.379. The van der Waals surface area contributed by atoms with Crippen molar-refractivity contribution in [1.82, 2.24) is 0 Å². The second-order valence-corrected chi connectivity index (χ2v) is 8.77. The third-order valence-electron chi connectivity index (χ3n) is 6.51. The van der Waals surface area contributed by atoms with Crippen LogP contribution in [0.2, 0.25) is 0 Å². The van der Waals surface area contributed by atoms with E-state index in [0.29, 0.717) is 18.8 Å². The molecule has 0 atom stereocenters. The summed E-state index contributed by atoms with van der Waals surface area (Å²) >= 11 is 0. The Bertz CT molecular complexity index is 1120. The number of halogens is 3. The Hall–Kier alpha value is -2.99. The number of ether oxygens (including phenoxy) is 3. The highest BCUT2D eigenvalue weighted by atomic mass is 19.2. The minimum absolute atomic E-state index is 0.00441. The van der Waals surface area contributed by atoms with Crippen LogP contribution in [0.5, 0.6) is 11.5 Å². The van der Waals surface area contributed by atoms with Gasteiger partial charge in [0.25, 0.3) is 0 Å². The molecule has 0 aromatic heterocycles. The molecule has 0 aliphatic heterocycles. The topological polar surface area (TPSA) is 27.7 Å². The third kappa shape index (κ3) is 5.99. The van der Waals surface area contributed by atoms with Gasteiger partial charge in [0.2, 0.25) is 5.82 Å². The molecule has 186 valence electrons. The highest BCUT2D eigenvalue weighted by Gasteiger charge is 2.27. The first kappa shape index (κ1) is 25.1. The van der Waals surface area contributed by atoms with E-state index in [4.69, 9.17) is 14.2 Å². The van der Waals surface area contributed by atoms with Crippen LogP contribution in [0.25, 0.3) is 11.1 Å². The lowest BCUT2D eigenvalue weighted by Gasteiger charge is -2.29. The molecular weight excluding hydrogens is 453 g/mol. The SMILES string of the molecule is CCOc1ccc(-c2ccc(COc3ccc(C4CCC(OCC)CC4)c(F)c3F)cc2)cc1F. The lowest BCUT2D eigenvalue weighted by molar-refractivity contribution is 0.0325. The molecule has 35 heavy (non-hydrogen) atoms. The summed E-state index contributed by atoms with van der Waals surface area (Å²) in [5, 5.41) is 0. The second kappa shape index (κ2) is 11.6. The fourth-order valence-corrected chi connectivity index (χ4v) is 4.66. The third-order valence-corrected chi connectivity index (χ3v) is 6.51. The van der Waals surface area contributed by atoms with Crippen LogP contribution in [0.1, 0.15) is 56.6 Å². The number of benzene rings is 3. The normalized spacial score (nSPS) is 17.9. The highest BCUT2D eigenvalue weighted by Crippen LogP contribution is 2.37. The summed E-state index contributed by atoms with van der Waals surface area (Å²) in [5.41, 5.74) is 2.75. The van der Waals surface area contributed by atoms with E-state index in [-0.39, 0.29) is 30.1 Å². The van der Waals surface area contributed by atoms with Crippen molar-refractivity contribution in [3.63, 3.8) is 0 Å². The summed E-state index contributed by atoms with van der Waals surface area (Å²) in [5.74, 6) is -2.08. The largest absolute Gasteiger partial charge is 0.491 e. The molecule has 4 rings (SSSR count). The van der Waals surface area contributed by atoms with Crippen LogP contribution in [-0.2, 0) is 11.3 Å². The summed E-state index contributed by atoms with van der Waals surface area (Å²) < 4.78 is 60.2. The standard InChI is InChI=1S/C29H31F3O3/c1-3-33-23-12-9-21(10-13-23)24-14-16-27(29(32)28(24)31)35-18-19-5-7-20(8-6-19)22-11-15-26(34-4-2)25(30)17-22/h5-8,11,14-17,21,23H,3-4,9-10,12-13,18H2,1-2H3. The predicted molar refractivity (Wildman–Crippen MR) is 130 cm³/mol. The van der Waals surface area contributed by atoms with Crippen molar-refractivity contribution in [2.24, 2.45) is 0 Å². The first-order chi connectivity index (χ1) is 17.0. The molecule has 3 aromatic carbocycles. The van der Waals surface area contributed by atoms with E-state index in [2.05, 4.69) is 0 Å². The Morgan fingerprint density at radius 3 is 2.06 bits per heavy atom. The Morgan fingerprint density at radius 1 is 0.714 bits per heavy atom. The highest BCUT2D eigenvalue weighted by molar-refractivity contribution is 5.64. The quantitative estimate of drug-likeness (QED) is 0.310. The van der Waals surface area contributed by atoms with Gasteiger partial charge in [0.05, 0.1) is 12.7 Å². The van der Waals surface area contributed by atoms with Crippen LogP contribution in [0.4, 0.5) is 13.2 Å². The van der Waals surface area contributed by atoms with Crippen molar-refractivity contribution in [2.75, 3.05) is 13.2 Å². The average Bonchev–Trinajstić information content (AvgIpc) is 2.87. The van der Waals surface area contributed by atoms with Gasteiger partial charge >= 0.3 is 0 Å². The maximum atomic E-state index is 14.8. The first-order valence-corrected chi connectivity index (χ1v) is 12.2. The molecule has 1 fully saturated rings. The summed E-state index contributed by atoms with van der Waals surface area (Å²) in [7, 11) is 0. The van der Waals surface area contributed by atoms with Crippen LogP contribution >= 0.6 is 0 Å². The van der Waals surface area contributed by atoms with Gasteiger partial charge in [0.15, 0.2) is 23.1 Å². The Kier molecular flexibility index (Phi) is 8.34. The number of hydrogen-bond donors (Lipinski definition) is 0. The van der Waals surface area contributed by atoms with Crippen LogP contribution in [0, 0.1) is 17.5 Å². The van der Waals surface area contributed by atoms with Crippen LogP contribution in [0.3, 0.4) is 0 Å². The zero-order chi connectivity index (χ0) is 24.8. The van der Waals surface area contributed by atoms with Crippen molar-refractivity contribution in [2.45, 2.75) is 58.2 Å². The molecular formula is C29H31F3O3. The number of rotatable bonds is 9. The molecule has 0 radical (unpaired) electrons. The fourth-order valence-electron chi connectivity index (χ4n) is 4.66. The molecule has 3 aromatic rings. The van der Waals surface area contributed by atoms with Gasteiger partial charge in [-0.1, -0.05) is 36.4 Å². The van der Waals surface area contributed by atoms with Crippen molar-refractivity contribution < 1.29 is 27.4 Å². The second-order valence-electron chi connectivity index (χ2n) is 8.77. The van der Waals surface area contributed by atoms with Gasteiger partial charge in [0.1, 0.15) is 6.61 Å². The van der Waals surface area contributed by atoms with Crippen molar-refractivity contribution in [3.05, 3.63) is 83.2 Å². The molecule has 0 spiro atoms. The predicted octanol–water partition coefficient (Wildman–Crippen LogP) is 7.81. The summed E-state index contributed by atoms with van der Waals surface area (Å²) in [6.45, 7) is 4.93. The molecule has 3 nitrogen and oxygen atoms in total. The molecule has 6 heteroatoms. The zero-order valence-electron chi connectivity index (χ0n) is 20.2. The molecule has 1 saturated carbocycles. The molecule has 0 bridgehead atoms. The first-order valence-electron chi connectivity index (χ1n) is 12.2. The van der Waals surface area contributed by atoms with Gasteiger partial charge in [-0.3, -0.25) is 0 Å².